The quantitative estimate of drug-likeness (QED) is 0.769. The molecule has 1 fully saturated rings. The molecule has 0 aliphatic carbocycles. The molecule has 0 bridgehead atoms. The summed E-state index contributed by atoms with van der Waals surface area (Å²) in [6, 6.07) is 6.62. The van der Waals surface area contributed by atoms with Crippen molar-refractivity contribution in [2.24, 2.45) is 0 Å². The van der Waals surface area contributed by atoms with Gasteiger partial charge < -0.3 is 29.1 Å². The van der Waals surface area contributed by atoms with Crippen molar-refractivity contribution in [3.05, 3.63) is 29.8 Å². The minimum atomic E-state index is -0.785. The third kappa shape index (κ3) is 5.15. The summed E-state index contributed by atoms with van der Waals surface area (Å²) in [6.07, 6.45) is -1.22. The van der Waals surface area contributed by atoms with Crippen molar-refractivity contribution >= 4 is 5.91 Å². The van der Waals surface area contributed by atoms with E-state index in [1.54, 1.807) is 25.2 Å². The van der Waals surface area contributed by atoms with E-state index in [-0.39, 0.29) is 12.5 Å². The molecule has 7 heteroatoms. The van der Waals surface area contributed by atoms with E-state index < -0.39 is 18.2 Å². The Morgan fingerprint density at radius 2 is 2.08 bits per heavy atom. The molecule has 1 aromatic carbocycles. The van der Waals surface area contributed by atoms with Crippen molar-refractivity contribution in [3.8, 4) is 5.75 Å². The molecule has 0 unspecified atom stereocenters. The molecule has 1 amide bonds. The van der Waals surface area contributed by atoms with Gasteiger partial charge in [0.2, 0.25) is 0 Å². The molecule has 1 aromatic rings. The second-order valence-electron chi connectivity index (χ2n) is 6.47. The Balaban J connectivity index is 2.03. The Morgan fingerprint density at radius 1 is 1.32 bits per heavy atom. The van der Waals surface area contributed by atoms with Crippen molar-refractivity contribution in [1.29, 1.82) is 0 Å². The van der Waals surface area contributed by atoms with Gasteiger partial charge in [0.1, 0.15) is 24.6 Å². The lowest BCUT2D eigenvalue weighted by Gasteiger charge is -2.38. The Bertz CT molecular complexity index is 566. The topological polar surface area (TPSA) is 71.5 Å². The molecule has 7 nitrogen and oxygen atoms in total. The largest absolute Gasteiger partial charge is 0.492 e. The van der Waals surface area contributed by atoms with Crippen LogP contribution in [-0.4, -0.2) is 93.7 Å². The highest BCUT2D eigenvalue weighted by atomic mass is 16.5. The van der Waals surface area contributed by atoms with E-state index in [2.05, 4.69) is 0 Å². The smallest absolute Gasteiger partial charge is 0.254 e. The van der Waals surface area contributed by atoms with Gasteiger partial charge in [0.25, 0.3) is 5.91 Å². The number of carbonyl (C=O) groups is 1. The number of nitrogens with zero attached hydrogens (tertiary/aromatic N) is 2. The average Bonchev–Trinajstić information content (AvgIpc) is 2.60. The number of hydrogen-bond donors (Lipinski definition) is 1. The number of carbonyl (C=O) groups excluding carboxylic acids is 1. The summed E-state index contributed by atoms with van der Waals surface area (Å²) < 4.78 is 16.4. The standard InChI is InChI=1S/C18H28N2O5/c1-19(2)8-9-25-14-7-5-6-13(10-14)18(22)20(3)15-11-24-12-16(23-4)17(15)21/h5-7,10,15-17,21H,8-9,11-12H2,1-4H3/t15-,16-,17+/m1/s1. The first kappa shape index (κ1) is 19.7. The maximum absolute atomic E-state index is 12.8. The zero-order valence-electron chi connectivity index (χ0n) is 15.3. The van der Waals surface area contributed by atoms with E-state index in [0.29, 0.717) is 24.5 Å². The molecule has 0 radical (unpaired) electrons. The number of ether oxygens (including phenoxy) is 3. The van der Waals surface area contributed by atoms with E-state index >= 15 is 0 Å². The molecule has 0 aromatic heterocycles. The molecular formula is C18H28N2O5. The maximum atomic E-state index is 12.8. The number of aliphatic hydroxyl groups is 1. The summed E-state index contributed by atoms with van der Waals surface area (Å²) in [6.45, 7) is 1.95. The molecule has 1 aliphatic rings. The van der Waals surface area contributed by atoms with E-state index in [0.717, 1.165) is 6.54 Å². The van der Waals surface area contributed by atoms with Crippen LogP contribution in [0.15, 0.2) is 24.3 Å². The fraction of sp³-hybridized carbons (Fsp3) is 0.611. The molecule has 1 heterocycles. The first-order valence-corrected chi connectivity index (χ1v) is 8.37. The van der Waals surface area contributed by atoms with Gasteiger partial charge in [-0.2, -0.15) is 0 Å². The first-order valence-electron chi connectivity index (χ1n) is 8.37. The number of rotatable bonds is 7. The molecule has 0 saturated carbocycles. The highest BCUT2D eigenvalue weighted by Crippen LogP contribution is 2.20. The number of amides is 1. The Kier molecular flexibility index (Phi) is 7.19. The maximum Gasteiger partial charge on any atom is 0.254 e. The minimum Gasteiger partial charge on any atom is -0.492 e. The summed E-state index contributed by atoms with van der Waals surface area (Å²) in [5.41, 5.74) is 0.511. The van der Waals surface area contributed by atoms with Crippen LogP contribution in [0.25, 0.3) is 0 Å². The zero-order valence-corrected chi connectivity index (χ0v) is 15.3. The fourth-order valence-corrected chi connectivity index (χ4v) is 2.72. The second kappa shape index (κ2) is 9.15. The summed E-state index contributed by atoms with van der Waals surface area (Å²) in [7, 11) is 7.14. The van der Waals surface area contributed by atoms with Crippen molar-refractivity contribution in [2.75, 3.05) is 54.6 Å². The second-order valence-corrected chi connectivity index (χ2v) is 6.47. The lowest BCUT2D eigenvalue weighted by molar-refractivity contribution is -0.135. The number of hydrogen-bond acceptors (Lipinski definition) is 6. The van der Waals surface area contributed by atoms with Crippen molar-refractivity contribution < 1.29 is 24.1 Å². The minimum absolute atomic E-state index is 0.192. The van der Waals surface area contributed by atoms with Gasteiger partial charge in [-0.3, -0.25) is 4.79 Å². The van der Waals surface area contributed by atoms with Crippen LogP contribution in [-0.2, 0) is 9.47 Å². The van der Waals surface area contributed by atoms with Gasteiger partial charge >= 0.3 is 0 Å². The number of methoxy groups -OCH3 is 1. The molecule has 1 aliphatic heterocycles. The van der Waals surface area contributed by atoms with Crippen LogP contribution < -0.4 is 4.74 Å². The molecule has 140 valence electrons. The van der Waals surface area contributed by atoms with Gasteiger partial charge in [0.05, 0.1) is 19.3 Å². The SMILES string of the molecule is CO[C@@H]1COC[C@@H](N(C)C(=O)c2cccc(OCCN(C)C)c2)[C@@H]1O. The normalized spacial score (nSPS) is 23.5. The third-order valence-corrected chi connectivity index (χ3v) is 4.35. The summed E-state index contributed by atoms with van der Waals surface area (Å²) >= 11 is 0. The molecule has 0 spiro atoms. The van der Waals surface area contributed by atoms with Gasteiger partial charge in [-0.1, -0.05) is 6.07 Å². The highest BCUT2D eigenvalue weighted by Gasteiger charge is 2.37. The molecule has 2 rings (SSSR count). The lowest BCUT2D eigenvalue weighted by atomic mass is 10.0. The first-order chi connectivity index (χ1) is 11.9. The molecular weight excluding hydrogens is 324 g/mol. The molecule has 25 heavy (non-hydrogen) atoms. The highest BCUT2D eigenvalue weighted by molar-refractivity contribution is 5.94. The van der Waals surface area contributed by atoms with Gasteiger partial charge in [-0.25, -0.2) is 0 Å². The summed E-state index contributed by atoms with van der Waals surface area (Å²) in [5.74, 6) is 0.457. The van der Waals surface area contributed by atoms with Crippen LogP contribution >= 0.6 is 0 Å². The van der Waals surface area contributed by atoms with E-state index in [4.69, 9.17) is 14.2 Å². The van der Waals surface area contributed by atoms with E-state index in [9.17, 15) is 9.90 Å². The third-order valence-electron chi connectivity index (χ3n) is 4.35. The Labute approximate surface area is 149 Å². The lowest BCUT2D eigenvalue weighted by Crippen LogP contribution is -2.56. The number of aliphatic hydroxyl groups excluding tert-OH is 1. The molecule has 3 atom stereocenters. The van der Waals surface area contributed by atoms with Gasteiger partial charge in [-0.15, -0.1) is 0 Å². The van der Waals surface area contributed by atoms with E-state index in [1.165, 1.54) is 12.0 Å². The fourth-order valence-electron chi connectivity index (χ4n) is 2.72. The van der Waals surface area contributed by atoms with Gasteiger partial charge in [0.15, 0.2) is 0 Å². The summed E-state index contributed by atoms with van der Waals surface area (Å²) in [4.78, 5) is 16.3. The van der Waals surface area contributed by atoms with Crippen LogP contribution in [0.3, 0.4) is 0 Å². The van der Waals surface area contributed by atoms with Crippen molar-refractivity contribution in [2.45, 2.75) is 18.2 Å². The zero-order chi connectivity index (χ0) is 18.4. The van der Waals surface area contributed by atoms with Crippen molar-refractivity contribution in [3.63, 3.8) is 0 Å². The molecule has 1 saturated heterocycles. The Morgan fingerprint density at radius 3 is 2.76 bits per heavy atom. The van der Waals surface area contributed by atoms with Crippen molar-refractivity contribution in [1.82, 2.24) is 9.80 Å². The van der Waals surface area contributed by atoms with E-state index in [1.807, 2.05) is 25.1 Å². The van der Waals surface area contributed by atoms with Crippen LogP contribution in [0.2, 0.25) is 0 Å². The van der Waals surface area contributed by atoms with Crippen LogP contribution in [0, 0.1) is 0 Å². The van der Waals surface area contributed by atoms with Crippen LogP contribution in [0.4, 0.5) is 0 Å². The average molecular weight is 352 g/mol. The summed E-state index contributed by atoms with van der Waals surface area (Å²) in [5, 5.41) is 10.4. The van der Waals surface area contributed by atoms with Crippen LogP contribution in [0.1, 0.15) is 10.4 Å². The van der Waals surface area contributed by atoms with Gasteiger partial charge in [-0.05, 0) is 32.3 Å². The monoisotopic (exact) mass is 352 g/mol. The van der Waals surface area contributed by atoms with Crippen LogP contribution in [0.5, 0.6) is 5.75 Å². The Hall–Kier alpha value is -1.67. The number of likely N-dealkylation sites (N-methyl/N-ethyl adjacent to an activating group) is 2. The number of benzene rings is 1. The predicted octanol–water partition coefficient (Wildman–Crippen LogP) is 0.474. The molecule has 1 N–H and O–H groups in total. The van der Waals surface area contributed by atoms with Gasteiger partial charge in [0, 0.05) is 26.3 Å². The predicted molar refractivity (Wildman–Crippen MR) is 94.0 cm³/mol.